The molecule has 1 aromatic rings. The van der Waals surface area contributed by atoms with E-state index in [2.05, 4.69) is 10.3 Å². The molecule has 1 N–H and O–H groups in total. The molecule has 2 aliphatic heterocycles. The summed E-state index contributed by atoms with van der Waals surface area (Å²) in [6.45, 7) is 2.30. The van der Waals surface area contributed by atoms with Gasteiger partial charge in [-0.3, -0.25) is 0 Å². The molecule has 0 amide bonds. The van der Waals surface area contributed by atoms with E-state index in [-0.39, 0.29) is 5.03 Å². The van der Waals surface area contributed by atoms with E-state index >= 15 is 0 Å². The number of imidazole rings is 1. The largest absolute Gasteiger partial charge is 0.339 e. The fourth-order valence-corrected chi connectivity index (χ4v) is 4.79. The predicted octanol–water partition coefficient (Wildman–Crippen LogP) is 0.573. The molecule has 6 nitrogen and oxygen atoms in total. The minimum Gasteiger partial charge on any atom is -0.339 e. The van der Waals surface area contributed by atoms with Crippen LogP contribution in [-0.2, 0) is 17.1 Å². The van der Waals surface area contributed by atoms with Crippen molar-refractivity contribution in [3.8, 4) is 0 Å². The van der Waals surface area contributed by atoms with Crippen molar-refractivity contribution in [2.45, 2.75) is 36.8 Å². The lowest BCUT2D eigenvalue weighted by Crippen LogP contribution is -2.45. The molecular weight excluding hydrogens is 276 g/mol. The van der Waals surface area contributed by atoms with Gasteiger partial charge in [0, 0.05) is 32.4 Å². The quantitative estimate of drug-likeness (QED) is 0.886. The van der Waals surface area contributed by atoms with Gasteiger partial charge in [-0.15, -0.1) is 0 Å². The van der Waals surface area contributed by atoms with Crippen LogP contribution in [0.25, 0.3) is 0 Å². The lowest BCUT2D eigenvalue weighted by molar-refractivity contribution is 0.226. The summed E-state index contributed by atoms with van der Waals surface area (Å²) >= 11 is 0. The fraction of sp³-hybridized carbons (Fsp3) is 0.769. The smallest absolute Gasteiger partial charge is 0.262 e. The summed E-state index contributed by atoms with van der Waals surface area (Å²) in [6.07, 6.45) is 7.54. The summed E-state index contributed by atoms with van der Waals surface area (Å²) in [7, 11) is -1.64. The SMILES string of the molecule is Cn1cnc(S(=O)(=O)N2CCCC(C3CCCN3)C2)c1. The van der Waals surface area contributed by atoms with E-state index in [1.54, 1.807) is 22.1 Å². The molecule has 3 rings (SSSR count). The highest BCUT2D eigenvalue weighted by atomic mass is 32.2. The molecule has 0 aliphatic carbocycles. The molecule has 0 bridgehead atoms. The molecule has 112 valence electrons. The number of sulfonamides is 1. The van der Waals surface area contributed by atoms with Crippen LogP contribution in [0.2, 0.25) is 0 Å². The number of piperidine rings is 1. The van der Waals surface area contributed by atoms with Gasteiger partial charge in [-0.25, -0.2) is 13.4 Å². The monoisotopic (exact) mass is 298 g/mol. The van der Waals surface area contributed by atoms with Crippen LogP contribution in [0.1, 0.15) is 25.7 Å². The summed E-state index contributed by atoms with van der Waals surface area (Å²) < 4.78 is 28.5. The van der Waals surface area contributed by atoms with E-state index in [1.165, 1.54) is 19.2 Å². The number of hydrogen-bond donors (Lipinski definition) is 1. The third-order valence-corrected chi connectivity index (χ3v) is 6.12. The van der Waals surface area contributed by atoms with Gasteiger partial charge in [0.05, 0.1) is 6.33 Å². The van der Waals surface area contributed by atoms with Crippen LogP contribution in [0.5, 0.6) is 0 Å². The van der Waals surface area contributed by atoms with E-state index in [0.717, 1.165) is 19.4 Å². The van der Waals surface area contributed by atoms with Crippen molar-refractivity contribution in [2.75, 3.05) is 19.6 Å². The Bertz CT molecular complexity index is 563. The van der Waals surface area contributed by atoms with E-state index in [0.29, 0.717) is 25.0 Å². The second-order valence-electron chi connectivity index (χ2n) is 5.85. The fourth-order valence-electron chi connectivity index (χ4n) is 3.29. The van der Waals surface area contributed by atoms with Gasteiger partial charge < -0.3 is 9.88 Å². The number of aryl methyl sites for hydroxylation is 1. The van der Waals surface area contributed by atoms with Crippen molar-refractivity contribution < 1.29 is 8.42 Å². The zero-order valence-electron chi connectivity index (χ0n) is 11.8. The lowest BCUT2D eigenvalue weighted by Gasteiger charge is -2.34. The van der Waals surface area contributed by atoms with Crippen molar-refractivity contribution in [3.05, 3.63) is 12.5 Å². The van der Waals surface area contributed by atoms with Gasteiger partial charge in [0.2, 0.25) is 0 Å². The Morgan fingerprint density at radius 3 is 2.85 bits per heavy atom. The van der Waals surface area contributed by atoms with Gasteiger partial charge in [0.15, 0.2) is 5.03 Å². The maximum Gasteiger partial charge on any atom is 0.262 e. The zero-order valence-corrected chi connectivity index (χ0v) is 12.6. The molecule has 0 radical (unpaired) electrons. The summed E-state index contributed by atoms with van der Waals surface area (Å²) in [5, 5.41) is 3.67. The van der Waals surface area contributed by atoms with Crippen molar-refractivity contribution in [2.24, 2.45) is 13.0 Å². The van der Waals surface area contributed by atoms with Crippen molar-refractivity contribution in [1.29, 1.82) is 0 Å². The molecule has 0 aromatic carbocycles. The van der Waals surface area contributed by atoms with E-state index in [1.807, 2.05) is 0 Å². The standard InChI is InChI=1S/C13H22N4O2S/c1-16-9-13(15-10-16)20(18,19)17-7-3-4-11(8-17)12-5-2-6-14-12/h9-12,14H,2-8H2,1H3. The van der Waals surface area contributed by atoms with Crippen molar-refractivity contribution in [1.82, 2.24) is 19.2 Å². The molecule has 2 aliphatic rings. The average molecular weight is 298 g/mol. The van der Waals surface area contributed by atoms with E-state index < -0.39 is 10.0 Å². The predicted molar refractivity (Wildman–Crippen MR) is 75.7 cm³/mol. The Labute approximate surface area is 120 Å². The first kappa shape index (κ1) is 14.0. The van der Waals surface area contributed by atoms with Crippen LogP contribution in [0.4, 0.5) is 0 Å². The van der Waals surface area contributed by atoms with Gasteiger partial charge >= 0.3 is 0 Å². The Kier molecular flexibility index (Phi) is 3.83. The topological polar surface area (TPSA) is 67.2 Å². The third kappa shape index (κ3) is 2.62. The molecule has 0 saturated carbocycles. The minimum absolute atomic E-state index is 0.167. The number of nitrogens with zero attached hydrogens (tertiary/aromatic N) is 3. The Morgan fingerprint density at radius 2 is 2.20 bits per heavy atom. The van der Waals surface area contributed by atoms with Gasteiger partial charge in [-0.1, -0.05) is 0 Å². The molecule has 2 atom stereocenters. The van der Waals surface area contributed by atoms with Gasteiger partial charge in [-0.2, -0.15) is 4.31 Å². The molecular formula is C13H22N4O2S. The molecule has 3 heterocycles. The van der Waals surface area contributed by atoms with Crippen molar-refractivity contribution in [3.63, 3.8) is 0 Å². The second kappa shape index (κ2) is 5.46. The highest BCUT2D eigenvalue weighted by Crippen LogP contribution is 2.27. The molecule has 7 heteroatoms. The summed E-state index contributed by atoms with van der Waals surface area (Å²) in [5.74, 6) is 0.435. The van der Waals surface area contributed by atoms with Crippen LogP contribution in [0.3, 0.4) is 0 Å². The molecule has 1 aromatic heterocycles. The van der Waals surface area contributed by atoms with Crippen LogP contribution < -0.4 is 5.32 Å². The third-order valence-electron chi connectivity index (χ3n) is 4.37. The summed E-state index contributed by atoms with van der Waals surface area (Å²) in [4.78, 5) is 4.00. The summed E-state index contributed by atoms with van der Waals surface area (Å²) in [5.41, 5.74) is 0. The Morgan fingerprint density at radius 1 is 1.35 bits per heavy atom. The van der Waals surface area contributed by atoms with Crippen LogP contribution in [0, 0.1) is 5.92 Å². The molecule has 2 saturated heterocycles. The average Bonchev–Trinajstić information content (AvgIpc) is 3.10. The highest BCUT2D eigenvalue weighted by molar-refractivity contribution is 7.89. The van der Waals surface area contributed by atoms with Crippen LogP contribution in [0.15, 0.2) is 17.6 Å². The lowest BCUT2D eigenvalue weighted by atomic mass is 9.91. The molecule has 2 unspecified atom stereocenters. The Hall–Kier alpha value is -0.920. The minimum atomic E-state index is -3.43. The van der Waals surface area contributed by atoms with Gasteiger partial charge in [0.25, 0.3) is 10.0 Å². The zero-order chi connectivity index (χ0) is 14.2. The van der Waals surface area contributed by atoms with Gasteiger partial charge in [-0.05, 0) is 38.1 Å². The van der Waals surface area contributed by atoms with Crippen LogP contribution in [-0.4, -0.2) is 48.0 Å². The number of hydrogen-bond acceptors (Lipinski definition) is 4. The maximum atomic E-state index is 12.6. The normalized spacial score (nSPS) is 28.9. The van der Waals surface area contributed by atoms with E-state index in [9.17, 15) is 8.42 Å². The Balaban J connectivity index is 1.75. The first-order valence-corrected chi connectivity index (χ1v) is 8.73. The first-order valence-electron chi connectivity index (χ1n) is 7.29. The van der Waals surface area contributed by atoms with Crippen molar-refractivity contribution >= 4 is 10.0 Å². The second-order valence-corrected chi connectivity index (χ2v) is 7.73. The number of nitrogens with one attached hydrogen (secondary N) is 1. The molecule has 20 heavy (non-hydrogen) atoms. The van der Waals surface area contributed by atoms with E-state index in [4.69, 9.17) is 0 Å². The summed E-state index contributed by atoms with van der Waals surface area (Å²) in [6, 6.07) is 0.483. The maximum absolute atomic E-state index is 12.6. The molecule has 0 spiro atoms. The number of aromatic nitrogens is 2. The first-order chi connectivity index (χ1) is 9.57. The van der Waals surface area contributed by atoms with Crippen LogP contribution >= 0.6 is 0 Å². The molecule has 2 fully saturated rings. The van der Waals surface area contributed by atoms with Gasteiger partial charge in [0.1, 0.15) is 0 Å². The number of rotatable bonds is 3. The highest BCUT2D eigenvalue weighted by Gasteiger charge is 2.35.